The van der Waals surface area contributed by atoms with Crippen molar-refractivity contribution < 1.29 is 0 Å². The minimum absolute atomic E-state index is 0.137. The summed E-state index contributed by atoms with van der Waals surface area (Å²) in [4.78, 5) is 7.48. The number of para-hydroxylation sites is 2. The number of hydrogen-bond donors (Lipinski definition) is 2. The van der Waals surface area contributed by atoms with Crippen LogP contribution in [0.25, 0.3) is 0 Å². The van der Waals surface area contributed by atoms with Gasteiger partial charge in [-0.05, 0) is 69.1 Å². The Hall–Kier alpha value is -2.04. The molecule has 1 saturated heterocycles. The molecule has 2 aromatic carbocycles. The van der Waals surface area contributed by atoms with Gasteiger partial charge in [0, 0.05) is 18.1 Å². The van der Waals surface area contributed by atoms with E-state index in [0.717, 1.165) is 48.2 Å². The van der Waals surface area contributed by atoms with Crippen LogP contribution in [0.5, 0.6) is 0 Å². The highest BCUT2D eigenvalue weighted by Crippen LogP contribution is 2.37. The number of nitrogens with zero attached hydrogens (tertiary/aromatic N) is 2. The van der Waals surface area contributed by atoms with Gasteiger partial charge in [0.1, 0.15) is 5.84 Å². The highest BCUT2D eigenvalue weighted by molar-refractivity contribution is 6.30. The number of fused-ring (bicyclic) bond motifs is 1. The number of halogens is 1. The number of rotatable bonds is 2. The van der Waals surface area contributed by atoms with Crippen molar-refractivity contribution in [2.45, 2.75) is 37.8 Å². The number of amidine groups is 1. The average molecular weight is 383 g/mol. The molecule has 2 aliphatic rings. The maximum atomic E-state index is 6.16. The molecule has 0 saturated carbocycles. The van der Waals surface area contributed by atoms with Crippen molar-refractivity contribution in [3.63, 3.8) is 0 Å². The predicted molar refractivity (Wildman–Crippen MR) is 114 cm³/mol. The van der Waals surface area contributed by atoms with Crippen LogP contribution in [0.2, 0.25) is 5.02 Å². The van der Waals surface area contributed by atoms with Gasteiger partial charge < -0.3 is 15.5 Å². The third-order valence-corrected chi connectivity index (χ3v) is 5.86. The van der Waals surface area contributed by atoms with Crippen molar-refractivity contribution in [3.05, 3.63) is 59.1 Å². The van der Waals surface area contributed by atoms with Crippen molar-refractivity contribution in [3.8, 4) is 0 Å². The molecule has 142 valence electrons. The third-order valence-electron chi connectivity index (χ3n) is 5.63. The number of nitrogens with one attached hydrogen (secondary N) is 2. The van der Waals surface area contributed by atoms with E-state index in [-0.39, 0.29) is 5.54 Å². The van der Waals surface area contributed by atoms with Crippen LogP contribution in [0.15, 0.2) is 53.5 Å². The van der Waals surface area contributed by atoms with Crippen LogP contribution in [0.4, 0.5) is 11.4 Å². The molecule has 1 atom stereocenters. The first-order valence-electron chi connectivity index (χ1n) is 9.78. The zero-order valence-electron chi connectivity index (χ0n) is 15.8. The zero-order chi connectivity index (χ0) is 18.7. The molecule has 1 spiro atoms. The summed E-state index contributed by atoms with van der Waals surface area (Å²) in [6, 6.07) is 16.3. The summed E-state index contributed by atoms with van der Waals surface area (Å²) >= 11 is 6.16. The highest BCUT2D eigenvalue weighted by atomic mass is 35.5. The lowest BCUT2D eigenvalue weighted by atomic mass is 9.84. The second kappa shape index (κ2) is 7.91. The molecule has 2 N–H and O–H groups in total. The van der Waals surface area contributed by atoms with E-state index in [1.54, 1.807) is 0 Å². The van der Waals surface area contributed by atoms with E-state index in [9.17, 15) is 0 Å². The molecule has 0 bridgehead atoms. The van der Waals surface area contributed by atoms with E-state index >= 15 is 0 Å². The van der Waals surface area contributed by atoms with Crippen LogP contribution in [-0.4, -0.2) is 36.4 Å². The lowest BCUT2D eigenvalue weighted by Gasteiger charge is -2.42. The molecule has 0 amide bonds. The smallest absolute Gasteiger partial charge is 0.128 e. The first kappa shape index (κ1) is 18.3. The number of likely N-dealkylation sites (tertiary alicyclic amines) is 1. The Morgan fingerprint density at radius 1 is 1.11 bits per heavy atom. The van der Waals surface area contributed by atoms with Gasteiger partial charge in [-0.15, -0.1) is 0 Å². The van der Waals surface area contributed by atoms with E-state index in [1.807, 2.05) is 24.3 Å². The Kier molecular flexibility index (Phi) is 5.37. The molecule has 4 rings (SSSR count). The van der Waals surface area contributed by atoms with Gasteiger partial charge in [0.2, 0.25) is 0 Å². The Bertz CT molecular complexity index is 835. The molecule has 1 unspecified atom stereocenters. The van der Waals surface area contributed by atoms with Gasteiger partial charge in [-0.3, -0.25) is 0 Å². The standard InChI is InChI=1S/C22H27ClN4/c1-27-13-5-4-11-22(12-14-27)21(24-16-17-7-6-8-18(23)15-17)25-19-9-2-3-10-20(19)26-22/h2-3,6-10,15,26H,4-5,11-14,16H2,1H3,(H,24,25). The molecule has 27 heavy (non-hydrogen) atoms. The Morgan fingerprint density at radius 3 is 2.89 bits per heavy atom. The van der Waals surface area contributed by atoms with Gasteiger partial charge in [0.15, 0.2) is 0 Å². The molecule has 0 aromatic heterocycles. The summed E-state index contributed by atoms with van der Waals surface area (Å²) in [6.07, 6.45) is 4.55. The van der Waals surface area contributed by atoms with Crippen LogP contribution in [0.3, 0.4) is 0 Å². The summed E-state index contributed by atoms with van der Waals surface area (Å²) in [5.41, 5.74) is 3.17. The van der Waals surface area contributed by atoms with E-state index in [1.165, 1.54) is 24.9 Å². The molecule has 4 nitrogen and oxygen atoms in total. The van der Waals surface area contributed by atoms with Crippen LogP contribution in [-0.2, 0) is 6.54 Å². The average Bonchev–Trinajstić information content (AvgIpc) is 2.67. The minimum Gasteiger partial charge on any atom is -0.371 e. The number of hydrogen-bond acceptors (Lipinski definition) is 4. The van der Waals surface area contributed by atoms with Gasteiger partial charge in [0.05, 0.1) is 16.9 Å². The molecule has 5 heteroatoms. The van der Waals surface area contributed by atoms with Gasteiger partial charge >= 0.3 is 0 Å². The molecule has 2 heterocycles. The fourth-order valence-electron chi connectivity index (χ4n) is 4.05. The van der Waals surface area contributed by atoms with Crippen molar-refractivity contribution in [1.82, 2.24) is 10.2 Å². The predicted octanol–water partition coefficient (Wildman–Crippen LogP) is 4.83. The van der Waals surface area contributed by atoms with E-state index in [2.05, 4.69) is 46.8 Å². The number of benzene rings is 2. The van der Waals surface area contributed by atoms with Crippen LogP contribution in [0, 0.1) is 0 Å². The third kappa shape index (κ3) is 4.12. The molecular formula is C22H27ClN4. The van der Waals surface area contributed by atoms with E-state index in [0.29, 0.717) is 0 Å². The highest BCUT2D eigenvalue weighted by Gasteiger charge is 2.39. The second-order valence-electron chi connectivity index (χ2n) is 7.68. The summed E-state index contributed by atoms with van der Waals surface area (Å²) in [7, 11) is 2.21. The minimum atomic E-state index is -0.137. The zero-order valence-corrected chi connectivity index (χ0v) is 16.6. The summed E-state index contributed by atoms with van der Waals surface area (Å²) in [5.74, 6) is 1.05. The largest absolute Gasteiger partial charge is 0.371 e. The van der Waals surface area contributed by atoms with E-state index < -0.39 is 0 Å². The second-order valence-corrected chi connectivity index (χ2v) is 8.11. The molecule has 2 aromatic rings. The van der Waals surface area contributed by atoms with E-state index in [4.69, 9.17) is 16.6 Å². The fraction of sp³-hybridized carbons (Fsp3) is 0.409. The molecule has 1 fully saturated rings. The van der Waals surface area contributed by atoms with Crippen molar-refractivity contribution in [2.75, 3.05) is 25.5 Å². The van der Waals surface area contributed by atoms with Gasteiger partial charge in [-0.2, -0.15) is 0 Å². The first-order valence-corrected chi connectivity index (χ1v) is 10.2. The number of aliphatic imine (C=N–C) groups is 1. The Labute approximate surface area is 166 Å². The van der Waals surface area contributed by atoms with Crippen molar-refractivity contribution >= 4 is 28.8 Å². The van der Waals surface area contributed by atoms with Crippen LogP contribution in [0.1, 0.15) is 31.2 Å². The van der Waals surface area contributed by atoms with Gasteiger partial charge in [-0.25, -0.2) is 4.99 Å². The summed E-state index contributed by atoms with van der Waals surface area (Å²) in [5, 5.41) is 8.26. The molecule has 0 radical (unpaired) electrons. The molecule has 2 aliphatic heterocycles. The lowest BCUT2D eigenvalue weighted by molar-refractivity contribution is 0.271. The maximum Gasteiger partial charge on any atom is 0.128 e. The first-order chi connectivity index (χ1) is 13.1. The quantitative estimate of drug-likeness (QED) is 0.781. The van der Waals surface area contributed by atoms with Crippen LogP contribution >= 0.6 is 11.6 Å². The monoisotopic (exact) mass is 382 g/mol. The van der Waals surface area contributed by atoms with Crippen molar-refractivity contribution in [2.24, 2.45) is 4.99 Å². The molecule has 0 aliphatic carbocycles. The Morgan fingerprint density at radius 2 is 2.00 bits per heavy atom. The topological polar surface area (TPSA) is 39.7 Å². The van der Waals surface area contributed by atoms with Gasteiger partial charge in [0.25, 0.3) is 0 Å². The maximum absolute atomic E-state index is 6.16. The van der Waals surface area contributed by atoms with Crippen LogP contribution < -0.4 is 10.6 Å². The fourth-order valence-corrected chi connectivity index (χ4v) is 4.26. The summed E-state index contributed by atoms with van der Waals surface area (Å²) in [6.45, 7) is 2.96. The molecular weight excluding hydrogens is 356 g/mol. The Balaban J connectivity index is 1.63. The SMILES string of the molecule is CN1CCCCC2(CC1)Nc1ccccc1N=C2NCc1cccc(Cl)c1. The van der Waals surface area contributed by atoms with Crippen molar-refractivity contribution in [1.29, 1.82) is 0 Å². The van der Waals surface area contributed by atoms with Gasteiger partial charge in [-0.1, -0.05) is 35.9 Å². The number of anilines is 1. The summed E-state index contributed by atoms with van der Waals surface area (Å²) < 4.78 is 0. The lowest BCUT2D eigenvalue weighted by Crippen LogP contribution is -2.55. The normalized spacial score (nSPS) is 23.0.